The largest absolute Gasteiger partial charge is 0.467 e. The Morgan fingerprint density at radius 2 is 2.14 bits per heavy atom. The van der Waals surface area contributed by atoms with Gasteiger partial charge in [-0.3, -0.25) is 9.36 Å². The third kappa shape index (κ3) is 2.53. The van der Waals surface area contributed by atoms with Crippen LogP contribution < -0.4 is 16.8 Å². The normalized spacial score (nSPS) is 10.9. The number of fused-ring (bicyclic) bond motifs is 1. The van der Waals surface area contributed by atoms with Gasteiger partial charge in [0.15, 0.2) is 5.58 Å². The van der Waals surface area contributed by atoms with Crippen LogP contribution in [0.5, 0.6) is 0 Å². The smallest absolute Gasteiger partial charge is 0.420 e. The summed E-state index contributed by atoms with van der Waals surface area (Å²) in [5.74, 6) is -0.317. The first kappa shape index (κ1) is 13.0. The molecule has 0 spiro atoms. The van der Waals surface area contributed by atoms with Gasteiger partial charge in [0.1, 0.15) is 17.8 Å². The Morgan fingerprint density at radius 3 is 2.90 bits per heavy atom. The number of para-hydroxylation sites is 1. The highest BCUT2D eigenvalue weighted by molar-refractivity contribution is 5.87. The van der Waals surface area contributed by atoms with E-state index in [-0.39, 0.29) is 19.0 Å². The Morgan fingerprint density at radius 1 is 1.29 bits per heavy atom. The number of carbonyl (C=O) groups excluding carboxylic acids is 1. The lowest BCUT2D eigenvalue weighted by atomic mass is 10.3. The lowest BCUT2D eigenvalue weighted by molar-refractivity contribution is -0.121. The molecule has 1 amide bonds. The number of anilines is 1. The Kier molecular flexibility index (Phi) is 3.23. The fourth-order valence-electron chi connectivity index (χ4n) is 2.09. The fourth-order valence-corrected chi connectivity index (χ4v) is 2.09. The first-order chi connectivity index (χ1) is 10.1. The molecule has 3 aromatic rings. The number of oxazole rings is 1. The van der Waals surface area contributed by atoms with Crippen LogP contribution in [0.4, 0.5) is 5.69 Å². The third-order valence-corrected chi connectivity index (χ3v) is 3.06. The highest BCUT2D eigenvalue weighted by Crippen LogP contribution is 2.19. The van der Waals surface area contributed by atoms with Gasteiger partial charge in [-0.05, 0) is 24.3 Å². The van der Waals surface area contributed by atoms with Crippen LogP contribution in [0.25, 0.3) is 11.1 Å². The number of aromatic nitrogens is 1. The van der Waals surface area contributed by atoms with E-state index in [4.69, 9.17) is 14.6 Å². The van der Waals surface area contributed by atoms with Crippen LogP contribution in [0, 0.1) is 0 Å². The van der Waals surface area contributed by atoms with Gasteiger partial charge in [-0.2, -0.15) is 0 Å². The van der Waals surface area contributed by atoms with Crippen molar-refractivity contribution in [3.8, 4) is 0 Å². The van der Waals surface area contributed by atoms with Crippen LogP contribution in [0.15, 0.2) is 50.2 Å². The second kappa shape index (κ2) is 5.20. The Hall–Kier alpha value is -2.96. The van der Waals surface area contributed by atoms with E-state index in [1.807, 2.05) is 0 Å². The topological polar surface area (TPSA) is 103 Å². The Bertz CT molecular complexity index is 830. The van der Waals surface area contributed by atoms with Crippen LogP contribution in [0.1, 0.15) is 5.76 Å². The lowest BCUT2D eigenvalue weighted by Crippen LogP contribution is -2.30. The molecule has 3 N–H and O–H groups in total. The van der Waals surface area contributed by atoms with Gasteiger partial charge < -0.3 is 19.9 Å². The number of amides is 1. The predicted molar refractivity (Wildman–Crippen MR) is 75.4 cm³/mol. The zero-order chi connectivity index (χ0) is 14.8. The summed E-state index contributed by atoms with van der Waals surface area (Å²) in [5.41, 5.74) is 7.00. The Labute approximate surface area is 118 Å². The predicted octanol–water partition coefficient (Wildman–Crippen LogP) is 1.09. The summed E-state index contributed by atoms with van der Waals surface area (Å²) < 4.78 is 11.4. The van der Waals surface area contributed by atoms with Crippen molar-refractivity contribution in [1.82, 2.24) is 9.88 Å². The van der Waals surface area contributed by atoms with Crippen molar-refractivity contribution >= 4 is 22.7 Å². The SMILES string of the molecule is Nc1cccc2oc(=O)n(CC(=O)NCc3ccco3)c12. The van der Waals surface area contributed by atoms with Crippen LogP contribution in [0.3, 0.4) is 0 Å². The lowest BCUT2D eigenvalue weighted by Gasteiger charge is -2.05. The monoisotopic (exact) mass is 287 g/mol. The van der Waals surface area contributed by atoms with Crippen molar-refractivity contribution in [3.63, 3.8) is 0 Å². The van der Waals surface area contributed by atoms with E-state index >= 15 is 0 Å². The van der Waals surface area contributed by atoms with E-state index in [1.54, 1.807) is 30.3 Å². The number of nitrogens with two attached hydrogens (primary N) is 1. The number of nitrogens with one attached hydrogen (secondary N) is 1. The minimum Gasteiger partial charge on any atom is -0.467 e. The molecule has 108 valence electrons. The van der Waals surface area contributed by atoms with E-state index in [0.717, 1.165) is 0 Å². The number of hydrogen-bond acceptors (Lipinski definition) is 5. The van der Waals surface area contributed by atoms with Crippen molar-refractivity contribution in [2.24, 2.45) is 0 Å². The molecule has 0 saturated heterocycles. The summed E-state index contributed by atoms with van der Waals surface area (Å²) in [6.45, 7) is 0.0899. The fraction of sp³-hybridized carbons (Fsp3) is 0.143. The molecule has 0 radical (unpaired) electrons. The first-order valence-electron chi connectivity index (χ1n) is 6.32. The number of nitrogens with zero attached hydrogens (tertiary/aromatic N) is 1. The highest BCUT2D eigenvalue weighted by Gasteiger charge is 2.14. The van der Waals surface area contributed by atoms with Gasteiger partial charge >= 0.3 is 5.76 Å². The number of benzene rings is 1. The average Bonchev–Trinajstić information content (AvgIpc) is 3.06. The zero-order valence-electron chi connectivity index (χ0n) is 11.0. The van der Waals surface area contributed by atoms with Crippen molar-refractivity contribution in [1.29, 1.82) is 0 Å². The number of nitrogen functional groups attached to an aromatic ring is 1. The van der Waals surface area contributed by atoms with Gasteiger partial charge in [0, 0.05) is 0 Å². The van der Waals surface area contributed by atoms with Gasteiger partial charge in [0.25, 0.3) is 0 Å². The second-order valence-electron chi connectivity index (χ2n) is 4.50. The summed E-state index contributed by atoms with van der Waals surface area (Å²) >= 11 is 0. The number of furan rings is 1. The van der Waals surface area contributed by atoms with E-state index in [1.165, 1.54) is 10.8 Å². The summed E-state index contributed by atoms with van der Waals surface area (Å²) in [7, 11) is 0. The van der Waals surface area contributed by atoms with Crippen LogP contribution in [0.2, 0.25) is 0 Å². The van der Waals surface area contributed by atoms with Crippen LogP contribution >= 0.6 is 0 Å². The van der Waals surface area contributed by atoms with Gasteiger partial charge in [0.2, 0.25) is 5.91 Å². The summed E-state index contributed by atoms with van der Waals surface area (Å²) in [5, 5.41) is 2.66. The zero-order valence-corrected chi connectivity index (χ0v) is 11.0. The molecule has 0 aliphatic heterocycles. The van der Waals surface area contributed by atoms with Crippen molar-refractivity contribution in [2.75, 3.05) is 5.73 Å². The minimum absolute atomic E-state index is 0.166. The summed E-state index contributed by atoms with van der Waals surface area (Å²) in [6, 6.07) is 8.44. The summed E-state index contributed by atoms with van der Waals surface area (Å²) in [4.78, 5) is 23.7. The molecule has 2 heterocycles. The number of carbonyl (C=O) groups is 1. The molecule has 0 aliphatic carbocycles. The number of rotatable bonds is 4. The van der Waals surface area contributed by atoms with Crippen molar-refractivity contribution in [3.05, 3.63) is 52.9 Å². The van der Waals surface area contributed by atoms with E-state index in [2.05, 4.69) is 5.32 Å². The molecule has 21 heavy (non-hydrogen) atoms. The molecule has 1 aromatic carbocycles. The molecule has 0 bridgehead atoms. The molecule has 7 nitrogen and oxygen atoms in total. The summed E-state index contributed by atoms with van der Waals surface area (Å²) in [6.07, 6.45) is 1.52. The molecular weight excluding hydrogens is 274 g/mol. The molecule has 0 saturated carbocycles. The third-order valence-electron chi connectivity index (χ3n) is 3.06. The standard InChI is InChI=1S/C14H13N3O4/c15-10-4-1-5-11-13(10)17(14(19)21-11)8-12(18)16-7-9-3-2-6-20-9/h1-6H,7-8,15H2,(H,16,18). The van der Waals surface area contributed by atoms with Gasteiger partial charge in [0.05, 0.1) is 18.5 Å². The average molecular weight is 287 g/mol. The van der Waals surface area contributed by atoms with Crippen LogP contribution in [-0.2, 0) is 17.9 Å². The maximum atomic E-state index is 11.9. The molecular formula is C14H13N3O4. The Balaban J connectivity index is 1.80. The van der Waals surface area contributed by atoms with E-state index in [9.17, 15) is 9.59 Å². The molecule has 0 fully saturated rings. The van der Waals surface area contributed by atoms with Crippen molar-refractivity contribution in [2.45, 2.75) is 13.1 Å². The second-order valence-corrected chi connectivity index (χ2v) is 4.50. The first-order valence-corrected chi connectivity index (χ1v) is 6.32. The van der Waals surface area contributed by atoms with E-state index in [0.29, 0.717) is 22.5 Å². The van der Waals surface area contributed by atoms with Crippen molar-refractivity contribution < 1.29 is 13.6 Å². The molecule has 7 heteroatoms. The molecule has 3 rings (SSSR count). The van der Waals surface area contributed by atoms with Gasteiger partial charge in [-0.15, -0.1) is 0 Å². The van der Waals surface area contributed by atoms with E-state index < -0.39 is 5.76 Å². The molecule has 0 unspecified atom stereocenters. The number of hydrogen-bond donors (Lipinski definition) is 2. The molecule has 0 atom stereocenters. The van der Waals surface area contributed by atoms with Crippen LogP contribution in [-0.4, -0.2) is 10.5 Å². The molecule has 2 aromatic heterocycles. The quantitative estimate of drug-likeness (QED) is 0.699. The van der Waals surface area contributed by atoms with Gasteiger partial charge in [-0.1, -0.05) is 6.07 Å². The van der Waals surface area contributed by atoms with Gasteiger partial charge in [-0.25, -0.2) is 4.79 Å². The maximum Gasteiger partial charge on any atom is 0.420 e. The molecule has 0 aliphatic rings. The highest BCUT2D eigenvalue weighted by atomic mass is 16.4. The minimum atomic E-state index is -0.615. The maximum absolute atomic E-state index is 11.9.